The van der Waals surface area contributed by atoms with E-state index in [1.165, 1.54) is 19.2 Å². The lowest BCUT2D eigenvalue weighted by molar-refractivity contribution is -0.106. The van der Waals surface area contributed by atoms with Crippen molar-refractivity contribution in [3.05, 3.63) is 76.1 Å². The topological polar surface area (TPSA) is 108 Å². The summed E-state index contributed by atoms with van der Waals surface area (Å²) in [5, 5.41) is 8.88. The van der Waals surface area contributed by atoms with Gasteiger partial charge in [0.15, 0.2) is 0 Å². The van der Waals surface area contributed by atoms with E-state index < -0.39 is 17.0 Å². The van der Waals surface area contributed by atoms with Gasteiger partial charge in [0.05, 0.1) is 22.4 Å². The first-order valence-electron chi connectivity index (χ1n) is 8.42. The Bertz CT molecular complexity index is 910. The van der Waals surface area contributed by atoms with Crippen molar-refractivity contribution in [1.29, 1.82) is 5.26 Å². The van der Waals surface area contributed by atoms with E-state index in [1.54, 1.807) is 42.5 Å². The van der Waals surface area contributed by atoms with Crippen LogP contribution in [0.3, 0.4) is 0 Å². The molecule has 0 aliphatic carbocycles. The highest BCUT2D eigenvalue weighted by molar-refractivity contribution is 7.81. The largest absolute Gasteiger partial charge is 0.372 e. The van der Waals surface area contributed by atoms with Crippen LogP contribution in [-0.2, 0) is 16.0 Å². The second-order valence-electron chi connectivity index (χ2n) is 4.76. The van der Waals surface area contributed by atoms with Crippen molar-refractivity contribution < 1.29 is 13.4 Å². The van der Waals surface area contributed by atoms with Crippen molar-refractivity contribution in [2.75, 3.05) is 7.05 Å². The lowest BCUT2D eigenvalue weighted by Crippen LogP contribution is -2.10. The molecule has 2 aromatic rings. The fraction of sp³-hybridized carbons (Fsp3) is 0.150. The minimum absolute atomic E-state index is 0.0211. The molecule has 1 unspecified atom stereocenters. The number of allylic oxidation sites excluding steroid dienone is 1. The summed E-state index contributed by atoms with van der Waals surface area (Å²) in [5.74, 6) is -0.494. The van der Waals surface area contributed by atoms with Crippen LogP contribution in [0.25, 0.3) is 6.08 Å². The quantitative estimate of drug-likeness (QED) is 0.549. The first-order chi connectivity index (χ1) is 13.9. The predicted molar refractivity (Wildman–Crippen MR) is 117 cm³/mol. The zero-order valence-electron chi connectivity index (χ0n) is 16.2. The van der Waals surface area contributed by atoms with E-state index >= 15 is 0 Å². The smallest absolute Gasteiger partial charge is 0.216 e. The van der Waals surface area contributed by atoms with E-state index in [4.69, 9.17) is 21.7 Å². The Balaban J connectivity index is 0.00000143. The molecule has 9 heteroatoms. The number of halogens is 2. The summed E-state index contributed by atoms with van der Waals surface area (Å²) in [4.78, 5) is 8.58. The van der Waals surface area contributed by atoms with E-state index in [9.17, 15) is 8.60 Å². The van der Waals surface area contributed by atoms with Crippen LogP contribution in [0.15, 0.2) is 52.9 Å². The summed E-state index contributed by atoms with van der Waals surface area (Å²) in [5.41, 5.74) is 6.51. The molecular formula is C20H22ClFN4O2S. The minimum atomic E-state index is -1.59. The minimum Gasteiger partial charge on any atom is -0.372 e. The maximum atomic E-state index is 13.2. The molecule has 0 aromatic heterocycles. The maximum Gasteiger partial charge on any atom is 0.216 e. The van der Waals surface area contributed by atoms with Crippen molar-refractivity contribution in [2.24, 2.45) is 10.1 Å². The maximum absolute atomic E-state index is 13.2. The normalized spacial score (nSPS) is 11.4. The molecule has 3 N–H and O–H groups in total. The summed E-state index contributed by atoms with van der Waals surface area (Å²) in [6, 6.07) is 13.1. The molecule has 29 heavy (non-hydrogen) atoms. The van der Waals surface area contributed by atoms with Gasteiger partial charge in [-0.2, -0.15) is 9.66 Å². The van der Waals surface area contributed by atoms with E-state index in [-0.39, 0.29) is 11.4 Å². The number of carbonyl (C=O) groups is 1. The number of rotatable bonds is 5. The highest BCUT2D eigenvalue weighted by Crippen LogP contribution is 2.17. The number of nitrogens with two attached hydrogens (primary N) is 1. The number of hydrogen-bond donors (Lipinski definition) is 2. The van der Waals surface area contributed by atoms with Crippen LogP contribution in [0.2, 0.25) is 5.02 Å². The Morgan fingerprint density at radius 1 is 1.28 bits per heavy atom. The second kappa shape index (κ2) is 15.1. The average Bonchev–Trinajstić information content (AvgIpc) is 2.75. The van der Waals surface area contributed by atoms with Gasteiger partial charge in [0.2, 0.25) is 17.6 Å². The molecule has 0 bridgehead atoms. The Labute approximate surface area is 177 Å². The van der Waals surface area contributed by atoms with Gasteiger partial charge in [0, 0.05) is 5.56 Å². The molecule has 0 aliphatic rings. The first kappa shape index (κ1) is 26.1. The van der Waals surface area contributed by atoms with Crippen LogP contribution in [0.4, 0.5) is 4.39 Å². The Morgan fingerprint density at radius 3 is 2.34 bits per heavy atom. The van der Waals surface area contributed by atoms with Gasteiger partial charge in [-0.3, -0.25) is 4.79 Å². The highest BCUT2D eigenvalue weighted by atomic mass is 35.5. The summed E-state index contributed by atoms with van der Waals surface area (Å²) in [7, 11) is 1.53. The monoisotopic (exact) mass is 436 g/mol. The SMILES string of the molecule is CC.CNS(=O)/N=C(\C=C\c1ccc(F)c(Cl)c1)c1ccc(C#N)cc1.NC=O. The van der Waals surface area contributed by atoms with Crippen molar-refractivity contribution in [1.82, 2.24) is 4.72 Å². The first-order valence-corrected chi connectivity index (χ1v) is 9.90. The molecule has 0 saturated heterocycles. The number of amides is 1. The number of primary amides is 1. The third kappa shape index (κ3) is 9.76. The Hall–Kier alpha value is -2.86. The van der Waals surface area contributed by atoms with Gasteiger partial charge in [-0.15, -0.1) is 0 Å². The Kier molecular flexibility index (Phi) is 13.6. The summed E-state index contributed by atoms with van der Waals surface area (Å²) in [6.45, 7) is 4.00. The van der Waals surface area contributed by atoms with Gasteiger partial charge in [-0.25, -0.2) is 13.3 Å². The van der Waals surface area contributed by atoms with E-state index in [1.807, 2.05) is 19.9 Å². The number of benzene rings is 2. The van der Waals surface area contributed by atoms with Crippen molar-refractivity contribution in [2.45, 2.75) is 13.8 Å². The highest BCUT2D eigenvalue weighted by Gasteiger charge is 2.04. The molecule has 154 valence electrons. The predicted octanol–water partition coefficient (Wildman–Crippen LogP) is 3.78. The van der Waals surface area contributed by atoms with Crippen molar-refractivity contribution in [3.8, 4) is 6.07 Å². The van der Waals surface area contributed by atoms with Crippen molar-refractivity contribution in [3.63, 3.8) is 0 Å². The van der Waals surface area contributed by atoms with Gasteiger partial charge < -0.3 is 5.73 Å². The third-order valence-electron chi connectivity index (χ3n) is 3.04. The molecule has 0 radical (unpaired) electrons. The molecule has 0 heterocycles. The van der Waals surface area contributed by atoms with Crippen LogP contribution in [0.1, 0.15) is 30.5 Å². The lowest BCUT2D eigenvalue weighted by atomic mass is 10.1. The fourth-order valence-corrected chi connectivity index (χ4v) is 2.45. The van der Waals surface area contributed by atoms with Gasteiger partial charge in [0.25, 0.3) is 0 Å². The molecule has 1 atom stereocenters. The molecule has 6 nitrogen and oxygen atoms in total. The molecule has 0 fully saturated rings. The number of nitrogens with one attached hydrogen (secondary N) is 1. The summed E-state index contributed by atoms with van der Waals surface area (Å²) < 4.78 is 31.5. The molecule has 1 amide bonds. The third-order valence-corrected chi connectivity index (χ3v) is 4.04. The fourth-order valence-electron chi connectivity index (χ4n) is 1.82. The van der Waals surface area contributed by atoms with Crippen LogP contribution in [-0.4, -0.2) is 23.4 Å². The number of nitriles is 1. The van der Waals surface area contributed by atoms with Crippen molar-refractivity contribution >= 4 is 41.0 Å². The number of carbonyl (C=O) groups excluding carboxylic acids is 1. The van der Waals surface area contributed by atoms with Crippen LogP contribution < -0.4 is 10.5 Å². The zero-order valence-corrected chi connectivity index (χ0v) is 17.8. The summed E-state index contributed by atoms with van der Waals surface area (Å²) >= 11 is 4.16. The Morgan fingerprint density at radius 2 is 1.86 bits per heavy atom. The van der Waals surface area contributed by atoms with E-state index in [2.05, 4.69) is 14.9 Å². The molecular weight excluding hydrogens is 415 g/mol. The van der Waals surface area contributed by atoms with E-state index in [0.717, 1.165) is 0 Å². The lowest BCUT2D eigenvalue weighted by Gasteiger charge is -2.03. The van der Waals surface area contributed by atoms with E-state index in [0.29, 0.717) is 22.4 Å². The van der Waals surface area contributed by atoms with Gasteiger partial charge in [-0.05, 0) is 43.0 Å². The van der Waals surface area contributed by atoms with Gasteiger partial charge >= 0.3 is 0 Å². The van der Waals surface area contributed by atoms with Crippen LogP contribution in [0.5, 0.6) is 0 Å². The molecule has 0 spiro atoms. The molecule has 0 saturated carbocycles. The van der Waals surface area contributed by atoms with Gasteiger partial charge in [0.1, 0.15) is 5.82 Å². The molecule has 2 aromatic carbocycles. The molecule has 0 aliphatic heterocycles. The van der Waals surface area contributed by atoms with Crippen LogP contribution in [0, 0.1) is 17.1 Å². The van der Waals surface area contributed by atoms with Gasteiger partial charge in [-0.1, -0.05) is 49.7 Å². The zero-order chi connectivity index (χ0) is 22.2. The standard InChI is InChI=1S/C17H13ClFN3OS.C2H6.CH3NO/c1-21-24(23)22-17(14-6-2-13(11-20)3-7-14)9-5-12-4-8-16(19)15(18)10-12;1-2;2-1-3/h2-10,21H,1H3;1-2H3;1H,(H2,2,3)/b9-5+,22-17+;;. The molecule has 2 rings (SSSR count). The van der Waals surface area contributed by atoms with Crippen LogP contribution >= 0.6 is 11.6 Å². The second-order valence-corrected chi connectivity index (χ2v) is 6.26. The number of hydrogen-bond acceptors (Lipinski definition) is 3. The number of nitrogens with zero attached hydrogens (tertiary/aromatic N) is 2. The summed E-state index contributed by atoms with van der Waals surface area (Å²) in [6.07, 6.45) is 3.59. The average molecular weight is 437 g/mol.